The molecule has 0 unspecified atom stereocenters. The second-order valence-electron chi connectivity index (χ2n) is 5.33. The van der Waals surface area contributed by atoms with Crippen LogP contribution in [-0.4, -0.2) is 27.3 Å². The first kappa shape index (κ1) is 20.8. The Labute approximate surface area is 160 Å². The lowest BCUT2D eigenvalue weighted by Gasteiger charge is -2.04. The Kier molecular flexibility index (Phi) is 7.24. The summed E-state index contributed by atoms with van der Waals surface area (Å²) in [6, 6.07) is 7.24. The summed E-state index contributed by atoms with van der Waals surface area (Å²) in [5.41, 5.74) is 0.788. The highest BCUT2D eigenvalue weighted by atomic mass is 35.5. The van der Waals surface area contributed by atoms with Crippen molar-refractivity contribution in [1.82, 2.24) is 14.8 Å². The maximum atomic E-state index is 13.1. The molecule has 0 aliphatic rings. The van der Waals surface area contributed by atoms with Gasteiger partial charge in [0, 0.05) is 17.8 Å². The van der Waals surface area contributed by atoms with Gasteiger partial charge in [-0.3, -0.25) is 9.67 Å². The monoisotopic (exact) mass is 395 g/mol. The quantitative estimate of drug-likeness (QED) is 0.552. The second-order valence-corrected chi connectivity index (χ2v) is 5.76. The zero-order valence-electron chi connectivity index (χ0n) is 15.2. The summed E-state index contributed by atoms with van der Waals surface area (Å²) in [7, 11) is 0. The van der Waals surface area contributed by atoms with Gasteiger partial charge in [-0.1, -0.05) is 31.5 Å². The number of esters is 1. The van der Waals surface area contributed by atoms with E-state index in [1.807, 2.05) is 32.0 Å². The summed E-state index contributed by atoms with van der Waals surface area (Å²) >= 11 is 5.94. The fourth-order valence-corrected chi connectivity index (χ4v) is 2.65. The molecule has 5 nitrogen and oxygen atoms in total. The average molecular weight is 396 g/mol. The summed E-state index contributed by atoms with van der Waals surface area (Å²) in [5.74, 6) is -0.807. The van der Waals surface area contributed by atoms with Gasteiger partial charge >= 0.3 is 5.97 Å². The minimum Gasteiger partial charge on any atom is -0.462 e. The van der Waals surface area contributed by atoms with Gasteiger partial charge in [-0.05, 0) is 30.7 Å². The zero-order valence-corrected chi connectivity index (χ0v) is 16.0. The van der Waals surface area contributed by atoms with Gasteiger partial charge in [0.1, 0.15) is 11.3 Å². The van der Waals surface area contributed by atoms with E-state index in [9.17, 15) is 13.6 Å². The van der Waals surface area contributed by atoms with Gasteiger partial charge in [-0.2, -0.15) is 5.10 Å². The highest BCUT2D eigenvalue weighted by Crippen LogP contribution is 2.23. The topological polar surface area (TPSA) is 57.0 Å². The van der Waals surface area contributed by atoms with Gasteiger partial charge in [-0.25, -0.2) is 13.6 Å². The van der Waals surface area contributed by atoms with Crippen molar-refractivity contribution in [3.63, 3.8) is 0 Å². The Hall–Kier alpha value is -2.54. The van der Waals surface area contributed by atoms with Gasteiger partial charge in [0.15, 0.2) is 0 Å². The van der Waals surface area contributed by atoms with Crippen LogP contribution in [0.3, 0.4) is 0 Å². The van der Waals surface area contributed by atoms with Crippen molar-refractivity contribution in [1.29, 1.82) is 0 Å². The summed E-state index contributed by atoms with van der Waals surface area (Å²) < 4.78 is 32.4. The number of aromatic nitrogens is 3. The van der Waals surface area contributed by atoms with Crippen molar-refractivity contribution >= 4 is 28.5 Å². The van der Waals surface area contributed by atoms with Gasteiger partial charge in [0.2, 0.25) is 0 Å². The molecule has 1 aromatic carbocycles. The molecule has 0 atom stereocenters. The summed E-state index contributed by atoms with van der Waals surface area (Å²) in [4.78, 5) is 16.0. The van der Waals surface area contributed by atoms with Crippen LogP contribution in [0.5, 0.6) is 0 Å². The molecule has 2 aromatic heterocycles. The van der Waals surface area contributed by atoms with E-state index in [4.69, 9.17) is 16.3 Å². The highest BCUT2D eigenvalue weighted by Gasteiger charge is 2.24. The van der Waals surface area contributed by atoms with Crippen molar-refractivity contribution in [3.05, 3.63) is 58.5 Å². The predicted octanol–water partition coefficient (Wildman–Crippen LogP) is 5.27. The van der Waals surface area contributed by atoms with Crippen LogP contribution in [0.2, 0.25) is 5.02 Å². The molecule has 2 heterocycles. The van der Waals surface area contributed by atoms with E-state index in [0.29, 0.717) is 5.02 Å². The smallest absolute Gasteiger partial charge is 0.341 e. The lowest BCUT2D eigenvalue weighted by atomic mass is 10.1. The van der Waals surface area contributed by atoms with Crippen molar-refractivity contribution in [2.24, 2.45) is 0 Å². The third-order valence-corrected chi connectivity index (χ3v) is 3.76. The first-order valence-corrected chi connectivity index (χ1v) is 8.92. The fraction of sp³-hybridized carbons (Fsp3) is 0.316. The Morgan fingerprint density at radius 2 is 2.04 bits per heavy atom. The molecular weight excluding hydrogens is 376 g/mol. The number of carbonyl (C=O) groups is 1. The number of pyridine rings is 1. The number of alkyl halides is 2. The lowest BCUT2D eigenvalue weighted by molar-refractivity contribution is 0.0515. The predicted molar refractivity (Wildman–Crippen MR) is 100 cm³/mol. The first-order chi connectivity index (χ1) is 13.0. The van der Waals surface area contributed by atoms with E-state index in [-0.39, 0.29) is 18.7 Å². The molecule has 0 saturated carbocycles. The molecule has 0 radical (unpaired) electrons. The van der Waals surface area contributed by atoms with Crippen LogP contribution in [0, 0.1) is 0 Å². The molecule has 0 saturated heterocycles. The minimum absolute atomic E-state index is 0.102. The third kappa shape index (κ3) is 5.01. The summed E-state index contributed by atoms with van der Waals surface area (Å²) in [6.45, 7) is 5.94. The normalized spacial score (nSPS) is 10.6. The van der Waals surface area contributed by atoms with Crippen molar-refractivity contribution in [2.45, 2.75) is 33.7 Å². The van der Waals surface area contributed by atoms with Crippen LogP contribution in [0.4, 0.5) is 8.78 Å². The third-order valence-electron chi connectivity index (χ3n) is 3.55. The van der Waals surface area contributed by atoms with Crippen LogP contribution in [0.15, 0.2) is 36.7 Å². The van der Waals surface area contributed by atoms with E-state index in [1.165, 1.54) is 10.9 Å². The number of fused-ring (bicyclic) bond motifs is 1. The molecule has 0 bridgehead atoms. The number of nitrogens with zero attached hydrogens (tertiary/aromatic N) is 3. The highest BCUT2D eigenvalue weighted by molar-refractivity contribution is 6.31. The molecule has 27 heavy (non-hydrogen) atoms. The van der Waals surface area contributed by atoms with Crippen molar-refractivity contribution in [3.8, 4) is 0 Å². The lowest BCUT2D eigenvalue weighted by Crippen LogP contribution is -2.06. The zero-order chi connectivity index (χ0) is 20.0. The molecule has 0 N–H and O–H groups in total. The standard InChI is InChI=1S/C17H14ClF2N3O2.C2H6/c1-2-25-17(24)13-9-23(22-15(13)16(19)20)8-10-3-4-14-11(5-10)6-12(18)7-21-14;1-2/h3-7,9,16H,2,8H2,1H3;1-2H3. The van der Waals surface area contributed by atoms with Crippen LogP contribution in [0.1, 0.15) is 48.8 Å². The summed E-state index contributed by atoms with van der Waals surface area (Å²) in [5, 5.41) is 5.17. The Bertz CT molecular complexity index is 928. The number of ether oxygens (including phenoxy) is 1. The van der Waals surface area contributed by atoms with Crippen molar-refractivity contribution in [2.75, 3.05) is 6.61 Å². The first-order valence-electron chi connectivity index (χ1n) is 8.54. The van der Waals surface area contributed by atoms with E-state index in [1.54, 1.807) is 19.2 Å². The molecule has 0 amide bonds. The Morgan fingerprint density at radius 3 is 2.70 bits per heavy atom. The molecule has 0 aliphatic carbocycles. The van der Waals surface area contributed by atoms with E-state index in [2.05, 4.69) is 10.1 Å². The largest absolute Gasteiger partial charge is 0.462 e. The maximum Gasteiger partial charge on any atom is 0.341 e. The SMILES string of the molecule is CC.CCOC(=O)c1cn(Cc2ccc3ncc(Cl)cc3c2)nc1C(F)F. The fourth-order valence-electron chi connectivity index (χ4n) is 2.48. The average Bonchev–Trinajstić information content (AvgIpc) is 3.07. The van der Waals surface area contributed by atoms with Crippen molar-refractivity contribution < 1.29 is 18.3 Å². The Balaban J connectivity index is 0.00000126. The molecule has 3 rings (SSSR count). The minimum atomic E-state index is -2.86. The molecule has 0 aliphatic heterocycles. The van der Waals surface area contributed by atoms with Gasteiger partial charge < -0.3 is 4.74 Å². The van der Waals surface area contributed by atoms with Crippen LogP contribution in [0.25, 0.3) is 10.9 Å². The molecule has 3 aromatic rings. The molecule has 0 spiro atoms. The molecule has 0 fully saturated rings. The van der Waals surface area contributed by atoms with E-state index < -0.39 is 18.1 Å². The number of carbonyl (C=O) groups excluding carboxylic acids is 1. The summed E-state index contributed by atoms with van der Waals surface area (Å²) in [6.07, 6.45) is -0.0300. The van der Waals surface area contributed by atoms with E-state index in [0.717, 1.165) is 16.5 Å². The van der Waals surface area contributed by atoms with Gasteiger partial charge in [0.25, 0.3) is 6.43 Å². The number of rotatable bonds is 5. The van der Waals surface area contributed by atoms with Crippen LogP contribution in [-0.2, 0) is 11.3 Å². The molecule has 8 heteroatoms. The number of benzene rings is 1. The second kappa shape index (κ2) is 9.41. The van der Waals surface area contributed by atoms with Gasteiger partial charge in [-0.15, -0.1) is 0 Å². The molecular formula is C19H20ClF2N3O2. The number of hydrogen-bond acceptors (Lipinski definition) is 4. The van der Waals surface area contributed by atoms with Crippen LogP contribution >= 0.6 is 11.6 Å². The Morgan fingerprint density at radius 1 is 1.30 bits per heavy atom. The van der Waals surface area contributed by atoms with Gasteiger partial charge in [0.05, 0.1) is 23.7 Å². The molecule has 144 valence electrons. The van der Waals surface area contributed by atoms with Crippen LogP contribution < -0.4 is 0 Å². The number of halogens is 3. The number of hydrogen-bond donors (Lipinski definition) is 0. The maximum absolute atomic E-state index is 13.1. The van der Waals surface area contributed by atoms with E-state index >= 15 is 0 Å².